The first-order chi connectivity index (χ1) is 12.6. The van der Waals surface area contributed by atoms with Gasteiger partial charge in [-0.15, -0.1) is 0 Å². The van der Waals surface area contributed by atoms with Crippen LogP contribution in [0.4, 0.5) is 0 Å². The van der Waals surface area contributed by atoms with E-state index < -0.39 is 5.97 Å². The number of carboxylic acids is 1. The first-order valence-corrected chi connectivity index (χ1v) is 8.35. The van der Waals surface area contributed by atoms with E-state index in [9.17, 15) is 9.90 Å². The minimum atomic E-state index is -1.01. The molecule has 0 aliphatic heterocycles. The van der Waals surface area contributed by atoms with E-state index in [1.807, 2.05) is 67.6 Å². The van der Waals surface area contributed by atoms with Crippen molar-refractivity contribution in [1.82, 2.24) is 0 Å². The lowest BCUT2D eigenvalue weighted by molar-refractivity contribution is 0.0695. The second-order valence-corrected chi connectivity index (χ2v) is 5.95. The molecule has 3 aromatic rings. The SMILES string of the molecule is Cc1c(OCc2ccccc2)cc(C(=O)O)cc1OCc1ccccc1. The second kappa shape index (κ2) is 8.21. The molecular weight excluding hydrogens is 328 g/mol. The highest BCUT2D eigenvalue weighted by Crippen LogP contribution is 2.31. The fraction of sp³-hybridized carbons (Fsp3) is 0.136. The summed E-state index contributed by atoms with van der Waals surface area (Å²) in [6, 6.07) is 22.6. The Morgan fingerprint density at radius 1 is 0.808 bits per heavy atom. The van der Waals surface area contributed by atoms with Crippen LogP contribution in [0.1, 0.15) is 27.0 Å². The van der Waals surface area contributed by atoms with Crippen LogP contribution in [0, 0.1) is 6.92 Å². The average Bonchev–Trinajstić information content (AvgIpc) is 2.67. The van der Waals surface area contributed by atoms with Crippen LogP contribution in [0.2, 0.25) is 0 Å². The van der Waals surface area contributed by atoms with Crippen LogP contribution in [0.3, 0.4) is 0 Å². The van der Waals surface area contributed by atoms with Crippen molar-refractivity contribution in [3.63, 3.8) is 0 Å². The van der Waals surface area contributed by atoms with Gasteiger partial charge in [0.05, 0.1) is 5.56 Å². The molecule has 0 amide bonds. The maximum atomic E-state index is 11.5. The molecular formula is C22H20O4. The molecule has 1 N–H and O–H groups in total. The van der Waals surface area contributed by atoms with E-state index in [4.69, 9.17) is 9.47 Å². The molecule has 0 saturated carbocycles. The Labute approximate surface area is 152 Å². The van der Waals surface area contributed by atoms with Crippen LogP contribution in [0.15, 0.2) is 72.8 Å². The van der Waals surface area contributed by atoms with Crippen molar-refractivity contribution in [3.05, 3.63) is 95.1 Å². The molecule has 26 heavy (non-hydrogen) atoms. The van der Waals surface area contributed by atoms with Gasteiger partial charge in [-0.3, -0.25) is 0 Å². The summed E-state index contributed by atoms with van der Waals surface area (Å²) < 4.78 is 11.7. The number of carbonyl (C=O) groups is 1. The summed E-state index contributed by atoms with van der Waals surface area (Å²) in [6.45, 7) is 2.60. The molecule has 0 aliphatic carbocycles. The van der Waals surface area contributed by atoms with Crippen LogP contribution in [0.5, 0.6) is 11.5 Å². The molecule has 4 nitrogen and oxygen atoms in total. The van der Waals surface area contributed by atoms with E-state index in [0.717, 1.165) is 16.7 Å². The molecule has 0 atom stereocenters. The van der Waals surface area contributed by atoms with Gasteiger partial charge in [-0.2, -0.15) is 0 Å². The molecule has 0 spiro atoms. The average molecular weight is 348 g/mol. The predicted molar refractivity (Wildman–Crippen MR) is 99.7 cm³/mol. The Balaban J connectivity index is 1.81. The maximum absolute atomic E-state index is 11.5. The van der Waals surface area contributed by atoms with Gasteiger partial charge in [-0.1, -0.05) is 60.7 Å². The first-order valence-electron chi connectivity index (χ1n) is 8.35. The smallest absolute Gasteiger partial charge is 0.335 e. The Bertz CT molecular complexity index is 809. The maximum Gasteiger partial charge on any atom is 0.335 e. The van der Waals surface area contributed by atoms with Gasteiger partial charge in [0.25, 0.3) is 0 Å². The van der Waals surface area contributed by atoms with Gasteiger partial charge in [0.15, 0.2) is 0 Å². The summed E-state index contributed by atoms with van der Waals surface area (Å²) in [7, 11) is 0. The van der Waals surface area contributed by atoms with Crippen molar-refractivity contribution >= 4 is 5.97 Å². The van der Waals surface area contributed by atoms with E-state index in [1.54, 1.807) is 0 Å². The fourth-order valence-electron chi connectivity index (χ4n) is 2.56. The summed E-state index contributed by atoms with van der Waals surface area (Å²) >= 11 is 0. The predicted octanol–water partition coefficient (Wildman–Crippen LogP) is 4.85. The summed E-state index contributed by atoms with van der Waals surface area (Å²) in [5.74, 6) is 0.00718. The van der Waals surface area contributed by atoms with Crippen LogP contribution in [-0.4, -0.2) is 11.1 Å². The third kappa shape index (κ3) is 4.42. The van der Waals surface area contributed by atoms with Crippen molar-refractivity contribution < 1.29 is 19.4 Å². The lowest BCUT2D eigenvalue weighted by Crippen LogP contribution is -2.04. The zero-order valence-electron chi connectivity index (χ0n) is 14.5. The van der Waals surface area contributed by atoms with Gasteiger partial charge in [0.2, 0.25) is 0 Å². The number of hydrogen-bond acceptors (Lipinski definition) is 3. The summed E-state index contributed by atoms with van der Waals surface area (Å²) in [4.78, 5) is 11.5. The molecule has 0 aliphatic rings. The third-order valence-corrected chi connectivity index (χ3v) is 4.03. The van der Waals surface area contributed by atoms with Crippen molar-refractivity contribution in [2.24, 2.45) is 0 Å². The van der Waals surface area contributed by atoms with Crippen LogP contribution in [-0.2, 0) is 13.2 Å². The molecule has 3 aromatic carbocycles. The normalized spacial score (nSPS) is 10.3. The topological polar surface area (TPSA) is 55.8 Å². The minimum Gasteiger partial charge on any atom is -0.488 e. The Hall–Kier alpha value is -3.27. The number of carboxylic acid groups (broad SMARTS) is 1. The molecule has 4 heteroatoms. The Morgan fingerprint density at radius 2 is 1.23 bits per heavy atom. The van der Waals surface area contributed by atoms with Gasteiger partial charge < -0.3 is 14.6 Å². The first kappa shape index (κ1) is 17.5. The monoisotopic (exact) mass is 348 g/mol. The highest BCUT2D eigenvalue weighted by Gasteiger charge is 2.14. The molecule has 0 unspecified atom stereocenters. The number of hydrogen-bond donors (Lipinski definition) is 1. The molecule has 0 saturated heterocycles. The van der Waals surface area contributed by atoms with Crippen LogP contribution >= 0.6 is 0 Å². The van der Waals surface area contributed by atoms with Crippen molar-refractivity contribution in [2.45, 2.75) is 20.1 Å². The Kier molecular flexibility index (Phi) is 5.54. The van der Waals surface area contributed by atoms with Crippen molar-refractivity contribution in [3.8, 4) is 11.5 Å². The summed E-state index contributed by atoms with van der Waals surface area (Å²) in [5.41, 5.74) is 2.95. The minimum absolute atomic E-state index is 0.140. The number of rotatable bonds is 7. The molecule has 0 fully saturated rings. The van der Waals surface area contributed by atoms with E-state index in [0.29, 0.717) is 24.7 Å². The lowest BCUT2D eigenvalue weighted by Gasteiger charge is -2.15. The number of ether oxygens (including phenoxy) is 2. The van der Waals surface area contributed by atoms with Crippen LogP contribution in [0.25, 0.3) is 0 Å². The summed E-state index contributed by atoms with van der Waals surface area (Å²) in [5, 5.41) is 9.38. The van der Waals surface area contributed by atoms with Crippen molar-refractivity contribution in [1.29, 1.82) is 0 Å². The summed E-state index contributed by atoms with van der Waals surface area (Å²) in [6.07, 6.45) is 0. The number of aromatic carboxylic acids is 1. The third-order valence-electron chi connectivity index (χ3n) is 4.03. The van der Waals surface area contributed by atoms with E-state index in [-0.39, 0.29) is 5.56 Å². The van der Waals surface area contributed by atoms with Gasteiger partial charge in [-0.25, -0.2) is 4.79 Å². The second-order valence-electron chi connectivity index (χ2n) is 5.95. The van der Waals surface area contributed by atoms with Gasteiger partial charge in [0, 0.05) is 5.56 Å². The number of benzene rings is 3. The van der Waals surface area contributed by atoms with Crippen LogP contribution < -0.4 is 9.47 Å². The molecule has 132 valence electrons. The lowest BCUT2D eigenvalue weighted by atomic mass is 10.1. The molecule has 0 aromatic heterocycles. The highest BCUT2D eigenvalue weighted by atomic mass is 16.5. The molecule has 3 rings (SSSR count). The quantitative estimate of drug-likeness (QED) is 0.663. The standard InChI is InChI=1S/C22H20O4/c1-16-20(25-14-17-8-4-2-5-9-17)12-19(22(23)24)13-21(16)26-15-18-10-6-3-7-11-18/h2-13H,14-15H2,1H3,(H,23,24). The zero-order valence-corrected chi connectivity index (χ0v) is 14.5. The molecule has 0 bridgehead atoms. The fourth-order valence-corrected chi connectivity index (χ4v) is 2.56. The highest BCUT2D eigenvalue weighted by molar-refractivity contribution is 5.89. The molecule has 0 radical (unpaired) electrons. The molecule has 0 heterocycles. The van der Waals surface area contributed by atoms with E-state index in [1.165, 1.54) is 12.1 Å². The van der Waals surface area contributed by atoms with Gasteiger partial charge in [-0.05, 0) is 30.2 Å². The largest absolute Gasteiger partial charge is 0.488 e. The van der Waals surface area contributed by atoms with E-state index >= 15 is 0 Å². The van der Waals surface area contributed by atoms with E-state index in [2.05, 4.69) is 0 Å². The Morgan fingerprint density at radius 3 is 1.62 bits per heavy atom. The zero-order chi connectivity index (χ0) is 18.4. The van der Waals surface area contributed by atoms with Gasteiger partial charge in [0.1, 0.15) is 24.7 Å². The van der Waals surface area contributed by atoms with Crippen molar-refractivity contribution in [2.75, 3.05) is 0 Å². The van der Waals surface area contributed by atoms with Gasteiger partial charge >= 0.3 is 5.97 Å².